The summed E-state index contributed by atoms with van der Waals surface area (Å²) < 4.78 is 0.906. The SMILES string of the molecule is O=C(Nc1ccccc1I)NC(C(=O)O)C1CC1. The van der Waals surface area contributed by atoms with Crippen molar-refractivity contribution in [2.75, 3.05) is 5.32 Å². The van der Waals surface area contributed by atoms with E-state index in [1.165, 1.54) is 0 Å². The van der Waals surface area contributed by atoms with E-state index in [0.717, 1.165) is 16.4 Å². The van der Waals surface area contributed by atoms with Crippen LogP contribution in [0.2, 0.25) is 0 Å². The summed E-state index contributed by atoms with van der Waals surface area (Å²) in [4.78, 5) is 22.7. The molecule has 6 heteroatoms. The molecule has 1 aliphatic rings. The Morgan fingerprint density at radius 1 is 1.33 bits per heavy atom. The van der Waals surface area contributed by atoms with Crippen molar-refractivity contribution in [2.24, 2.45) is 5.92 Å². The van der Waals surface area contributed by atoms with Crippen LogP contribution in [0.1, 0.15) is 12.8 Å². The Kier molecular flexibility index (Phi) is 4.05. The molecule has 0 radical (unpaired) electrons. The summed E-state index contributed by atoms with van der Waals surface area (Å²) in [6, 6.07) is 6.06. The van der Waals surface area contributed by atoms with Crippen molar-refractivity contribution in [3.8, 4) is 0 Å². The third kappa shape index (κ3) is 3.34. The quantitative estimate of drug-likeness (QED) is 0.721. The number of urea groups is 1. The number of amides is 2. The molecule has 5 nitrogen and oxygen atoms in total. The Morgan fingerprint density at radius 3 is 2.56 bits per heavy atom. The van der Waals surface area contributed by atoms with Crippen molar-refractivity contribution < 1.29 is 14.7 Å². The van der Waals surface area contributed by atoms with Crippen LogP contribution in [-0.4, -0.2) is 23.1 Å². The number of benzene rings is 1. The van der Waals surface area contributed by atoms with Gasteiger partial charge in [-0.05, 0) is 53.5 Å². The van der Waals surface area contributed by atoms with E-state index in [2.05, 4.69) is 33.2 Å². The molecule has 1 unspecified atom stereocenters. The highest BCUT2D eigenvalue weighted by atomic mass is 127. The Bertz CT molecular complexity index is 474. The van der Waals surface area contributed by atoms with Crippen molar-refractivity contribution in [3.63, 3.8) is 0 Å². The first-order valence-corrected chi connectivity index (χ1v) is 6.70. The van der Waals surface area contributed by atoms with Gasteiger partial charge in [-0.3, -0.25) is 0 Å². The van der Waals surface area contributed by atoms with E-state index in [1.807, 2.05) is 18.2 Å². The second-order valence-electron chi connectivity index (χ2n) is 4.23. The number of hydrogen-bond acceptors (Lipinski definition) is 2. The molecule has 1 atom stereocenters. The van der Waals surface area contributed by atoms with E-state index in [1.54, 1.807) is 6.07 Å². The molecule has 0 aliphatic heterocycles. The van der Waals surface area contributed by atoms with Gasteiger partial charge in [0.25, 0.3) is 0 Å². The number of carboxylic acids is 1. The molecule has 0 bridgehead atoms. The number of halogens is 1. The lowest BCUT2D eigenvalue weighted by Crippen LogP contribution is -2.44. The van der Waals surface area contributed by atoms with Gasteiger partial charge in [0.2, 0.25) is 0 Å². The van der Waals surface area contributed by atoms with Gasteiger partial charge in [0.05, 0.1) is 5.69 Å². The maximum atomic E-state index is 11.7. The first-order valence-electron chi connectivity index (χ1n) is 5.63. The molecule has 96 valence electrons. The maximum Gasteiger partial charge on any atom is 0.326 e. The summed E-state index contributed by atoms with van der Waals surface area (Å²) >= 11 is 2.11. The van der Waals surface area contributed by atoms with E-state index in [9.17, 15) is 9.59 Å². The Labute approximate surface area is 118 Å². The lowest BCUT2D eigenvalue weighted by molar-refractivity contribution is -0.139. The molecule has 1 aliphatic carbocycles. The van der Waals surface area contributed by atoms with E-state index >= 15 is 0 Å². The van der Waals surface area contributed by atoms with Crippen molar-refractivity contribution in [1.29, 1.82) is 0 Å². The molecule has 2 rings (SSSR count). The highest BCUT2D eigenvalue weighted by Crippen LogP contribution is 2.32. The van der Waals surface area contributed by atoms with Crippen LogP contribution in [0, 0.1) is 9.49 Å². The summed E-state index contributed by atoms with van der Waals surface area (Å²) in [6.07, 6.45) is 1.72. The summed E-state index contributed by atoms with van der Waals surface area (Å²) in [7, 11) is 0. The second kappa shape index (κ2) is 5.55. The molecule has 2 amide bonds. The predicted molar refractivity (Wildman–Crippen MR) is 75.5 cm³/mol. The zero-order chi connectivity index (χ0) is 13.1. The molecule has 1 fully saturated rings. The van der Waals surface area contributed by atoms with Gasteiger partial charge in [-0.1, -0.05) is 12.1 Å². The van der Waals surface area contributed by atoms with E-state index in [-0.39, 0.29) is 5.92 Å². The third-order valence-electron chi connectivity index (χ3n) is 2.77. The Balaban J connectivity index is 1.96. The Hall–Kier alpha value is -1.31. The summed E-state index contributed by atoms with van der Waals surface area (Å²) in [6.45, 7) is 0. The van der Waals surface area contributed by atoms with E-state index in [0.29, 0.717) is 5.69 Å². The molecule has 1 aromatic rings. The molecule has 0 heterocycles. The molecule has 18 heavy (non-hydrogen) atoms. The minimum atomic E-state index is -0.976. The summed E-state index contributed by atoms with van der Waals surface area (Å²) in [5.74, 6) is -0.904. The maximum absolute atomic E-state index is 11.7. The van der Waals surface area contributed by atoms with Gasteiger partial charge in [0.15, 0.2) is 0 Å². The van der Waals surface area contributed by atoms with Crippen molar-refractivity contribution in [1.82, 2.24) is 5.32 Å². The fourth-order valence-electron chi connectivity index (χ4n) is 1.67. The first kappa shape index (κ1) is 13.1. The van der Waals surface area contributed by atoms with Crippen molar-refractivity contribution in [3.05, 3.63) is 27.8 Å². The lowest BCUT2D eigenvalue weighted by Gasteiger charge is -2.14. The molecule has 1 aromatic carbocycles. The van der Waals surface area contributed by atoms with Crippen LogP contribution < -0.4 is 10.6 Å². The summed E-state index contributed by atoms with van der Waals surface area (Å²) in [5, 5.41) is 14.2. The number of aliphatic carboxylic acids is 1. The summed E-state index contributed by atoms with van der Waals surface area (Å²) in [5.41, 5.74) is 0.676. The highest BCUT2D eigenvalue weighted by molar-refractivity contribution is 14.1. The minimum Gasteiger partial charge on any atom is -0.480 e. The fourth-order valence-corrected chi connectivity index (χ4v) is 2.20. The standard InChI is InChI=1S/C12H13IN2O3/c13-8-3-1-2-4-9(8)14-12(18)15-10(11(16)17)7-5-6-7/h1-4,7,10H,5-6H2,(H,16,17)(H2,14,15,18). The average Bonchev–Trinajstić information content (AvgIpc) is 3.13. The smallest absolute Gasteiger partial charge is 0.326 e. The van der Waals surface area contributed by atoms with Gasteiger partial charge in [0.1, 0.15) is 6.04 Å². The topological polar surface area (TPSA) is 78.4 Å². The van der Waals surface area contributed by atoms with E-state index in [4.69, 9.17) is 5.11 Å². The molecule has 3 N–H and O–H groups in total. The fraction of sp³-hybridized carbons (Fsp3) is 0.333. The number of para-hydroxylation sites is 1. The van der Waals surface area contributed by atoms with Gasteiger partial charge in [-0.25, -0.2) is 9.59 Å². The Morgan fingerprint density at radius 2 is 2.00 bits per heavy atom. The number of carbonyl (C=O) groups is 2. The van der Waals surface area contributed by atoms with Crippen LogP contribution in [0.3, 0.4) is 0 Å². The molecular weight excluding hydrogens is 347 g/mol. The van der Waals surface area contributed by atoms with Gasteiger partial charge in [0, 0.05) is 3.57 Å². The second-order valence-corrected chi connectivity index (χ2v) is 5.39. The van der Waals surface area contributed by atoms with Crippen LogP contribution >= 0.6 is 22.6 Å². The number of carboxylic acid groups (broad SMARTS) is 1. The highest BCUT2D eigenvalue weighted by Gasteiger charge is 2.37. The van der Waals surface area contributed by atoms with Crippen LogP contribution in [0.5, 0.6) is 0 Å². The van der Waals surface area contributed by atoms with Crippen molar-refractivity contribution >= 4 is 40.3 Å². The average molecular weight is 360 g/mol. The third-order valence-corrected chi connectivity index (χ3v) is 3.71. The molecule has 1 saturated carbocycles. The number of anilines is 1. The van der Waals surface area contributed by atoms with E-state index < -0.39 is 18.0 Å². The largest absolute Gasteiger partial charge is 0.480 e. The van der Waals surface area contributed by atoms with Gasteiger partial charge in [-0.15, -0.1) is 0 Å². The number of nitrogens with one attached hydrogen (secondary N) is 2. The van der Waals surface area contributed by atoms with Crippen LogP contribution in [-0.2, 0) is 4.79 Å². The van der Waals surface area contributed by atoms with Crippen LogP contribution in [0.25, 0.3) is 0 Å². The number of hydrogen-bond donors (Lipinski definition) is 3. The predicted octanol–water partition coefficient (Wildman–Crippen LogP) is 2.28. The van der Waals surface area contributed by atoms with Crippen molar-refractivity contribution in [2.45, 2.75) is 18.9 Å². The van der Waals surface area contributed by atoms with Gasteiger partial charge in [-0.2, -0.15) is 0 Å². The molecule has 0 aromatic heterocycles. The van der Waals surface area contributed by atoms with Gasteiger partial charge >= 0.3 is 12.0 Å². The minimum absolute atomic E-state index is 0.0723. The molecular formula is C12H13IN2O3. The number of rotatable bonds is 4. The first-order chi connectivity index (χ1) is 8.58. The zero-order valence-electron chi connectivity index (χ0n) is 9.52. The monoisotopic (exact) mass is 360 g/mol. The zero-order valence-corrected chi connectivity index (χ0v) is 11.7. The lowest BCUT2D eigenvalue weighted by atomic mass is 10.2. The van der Waals surface area contributed by atoms with Gasteiger partial charge < -0.3 is 15.7 Å². The normalized spacial score (nSPS) is 15.8. The molecule has 0 saturated heterocycles. The number of carbonyl (C=O) groups excluding carboxylic acids is 1. The molecule has 0 spiro atoms. The van der Waals surface area contributed by atoms with Crippen LogP contribution in [0.4, 0.5) is 10.5 Å². The van der Waals surface area contributed by atoms with Crippen LogP contribution in [0.15, 0.2) is 24.3 Å².